The zero-order chi connectivity index (χ0) is 12.1. The van der Waals surface area contributed by atoms with E-state index in [2.05, 4.69) is 47.6 Å². The van der Waals surface area contributed by atoms with Gasteiger partial charge in [-0.2, -0.15) is 0 Å². The number of aromatic nitrogens is 1. The van der Waals surface area contributed by atoms with E-state index in [4.69, 9.17) is 0 Å². The third-order valence-electron chi connectivity index (χ3n) is 2.57. The maximum absolute atomic E-state index is 4.37. The Bertz CT molecular complexity index is 497. The van der Waals surface area contributed by atoms with E-state index < -0.39 is 0 Å². The summed E-state index contributed by atoms with van der Waals surface area (Å²) in [6.07, 6.45) is 1.85. The highest BCUT2D eigenvalue weighted by Gasteiger charge is 2.00. The van der Waals surface area contributed by atoms with Gasteiger partial charge in [-0.15, -0.1) is 11.8 Å². The molecule has 0 radical (unpaired) electrons. The number of hydrogen-bond donors (Lipinski definition) is 1. The fourth-order valence-electron chi connectivity index (χ4n) is 1.58. The normalized spacial score (nSPS) is 10.2. The van der Waals surface area contributed by atoms with Gasteiger partial charge in [0.1, 0.15) is 0 Å². The average molecular weight is 244 g/mol. The van der Waals surface area contributed by atoms with Gasteiger partial charge in [-0.25, -0.2) is 0 Å². The number of rotatable bonds is 4. The third kappa shape index (κ3) is 3.24. The van der Waals surface area contributed by atoms with Crippen LogP contribution in [-0.2, 0) is 5.75 Å². The lowest BCUT2D eigenvalue weighted by atomic mass is 10.2. The van der Waals surface area contributed by atoms with Crippen molar-refractivity contribution in [2.45, 2.75) is 17.6 Å². The van der Waals surface area contributed by atoms with Crippen molar-refractivity contribution >= 4 is 17.4 Å². The Morgan fingerprint density at radius 2 is 2.06 bits per heavy atom. The van der Waals surface area contributed by atoms with Crippen LogP contribution in [-0.4, -0.2) is 12.0 Å². The van der Waals surface area contributed by atoms with E-state index in [0.29, 0.717) is 0 Å². The largest absolute Gasteiger partial charge is 0.388 e. The van der Waals surface area contributed by atoms with E-state index in [1.165, 1.54) is 10.5 Å². The van der Waals surface area contributed by atoms with Crippen LogP contribution in [0.1, 0.15) is 11.3 Å². The fraction of sp³-hybridized carbons (Fsp3) is 0.214. The predicted molar refractivity (Wildman–Crippen MR) is 74.5 cm³/mol. The second-order valence-corrected chi connectivity index (χ2v) is 4.86. The second kappa shape index (κ2) is 5.73. The van der Waals surface area contributed by atoms with E-state index in [0.717, 1.165) is 17.1 Å². The van der Waals surface area contributed by atoms with Crippen LogP contribution in [0.15, 0.2) is 47.5 Å². The Labute approximate surface area is 106 Å². The Hall–Kier alpha value is -1.48. The van der Waals surface area contributed by atoms with Crippen LogP contribution < -0.4 is 5.32 Å². The highest BCUT2D eigenvalue weighted by Crippen LogP contribution is 2.25. The van der Waals surface area contributed by atoms with Crippen molar-refractivity contribution in [2.24, 2.45) is 0 Å². The second-order valence-electron chi connectivity index (χ2n) is 3.84. The Kier molecular flexibility index (Phi) is 4.04. The minimum Gasteiger partial charge on any atom is -0.388 e. The Morgan fingerprint density at radius 1 is 1.24 bits per heavy atom. The molecule has 0 unspecified atom stereocenters. The molecule has 2 rings (SSSR count). The van der Waals surface area contributed by atoms with Gasteiger partial charge < -0.3 is 5.32 Å². The van der Waals surface area contributed by atoms with Gasteiger partial charge in [0.2, 0.25) is 0 Å². The van der Waals surface area contributed by atoms with Gasteiger partial charge >= 0.3 is 0 Å². The summed E-state index contributed by atoms with van der Waals surface area (Å²) >= 11 is 1.83. The van der Waals surface area contributed by atoms with Crippen molar-refractivity contribution in [3.8, 4) is 0 Å². The van der Waals surface area contributed by atoms with Gasteiger partial charge in [-0.05, 0) is 30.7 Å². The number of aryl methyl sites for hydroxylation is 1. The first-order valence-electron chi connectivity index (χ1n) is 5.60. The number of nitrogens with zero attached hydrogens (tertiary/aromatic N) is 1. The van der Waals surface area contributed by atoms with Crippen LogP contribution in [0.4, 0.5) is 5.69 Å². The van der Waals surface area contributed by atoms with E-state index in [1.807, 2.05) is 31.1 Å². The van der Waals surface area contributed by atoms with Crippen molar-refractivity contribution < 1.29 is 0 Å². The van der Waals surface area contributed by atoms with Crippen molar-refractivity contribution in [3.05, 3.63) is 53.9 Å². The molecule has 0 spiro atoms. The van der Waals surface area contributed by atoms with Gasteiger partial charge in [0.15, 0.2) is 0 Å². The molecule has 1 aromatic carbocycles. The van der Waals surface area contributed by atoms with Crippen molar-refractivity contribution in [1.29, 1.82) is 0 Å². The number of thioether (sulfide) groups is 1. The summed E-state index contributed by atoms with van der Waals surface area (Å²) in [6.45, 7) is 2.14. The van der Waals surface area contributed by atoms with Gasteiger partial charge in [0, 0.05) is 29.6 Å². The molecule has 0 aliphatic rings. The third-order valence-corrected chi connectivity index (χ3v) is 3.78. The van der Waals surface area contributed by atoms with Gasteiger partial charge in [0.25, 0.3) is 0 Å². The predicted octanol–water partition coefficient (Wildman–Crippen LogP) is 3.72. The van der Waals surface area contributed by atoms with E-state index in [-0.39, 0.29) is 0 Å². The maximum atomic E-state index is 4.37. The molecule has 1 heterocycles. The van der Waals surface area contributed by atoms with Crippen LogP contribution in [0.2, 0.25) is 0 Å². The molecule has 0 saturated carbocycles. The van der Waals surface area contributed by atoms with Gasteiger partial charge in [0.05, 0.1) is 5.69 Å². The van der Waals surface area contributed by atoms with Crippen molar-refractivity contribution in [2.75, 3.05) is 12.4 Å². The molecule has 2 nitrogen and oxygen atoms in total. The summed E-state index contributed by atoms with van der Waals surface area (Å²) < 4.78 is 0. The van der Waals surface area contributed by atoms with E-state index in [9.17, 15) is 0 Å². The van der Waals surface area contributed by atoms with Crippen LogP contribution >= 0.6 is 11.8 Å². The number of anilines is 1. The standard InChI is InChI=1S/C14H16N2S/c1-11-5-3-4-6-14(11)17-10-13-9-12(15-2)7-8-16-13/h3-9H,10H2,1-2H3,(H,15,16). The number of hydrogen-bond acceptors (Lipinski definition) is 3. The van der Waals surface area contributed by atoms with E-state index >= 15 is 0 Å². The van der Waals surface area contributed by atoms with Crippen LogP contribution in [0.5, 0.6) is 0 Å². The quantitative estimate of drug-likeness (QED) is 0.830. The first-order chi connectivity index (χ1) is 8.29. The molecule has 0 amide bonds. The summed E-state index contributed by atoms with van der Waals surface area (Å²) in [4.78, 5) is 5.69. The minimum absolute atomic E-state index is 0.903. The minimum atomic E-state index is 0.903. The Balaban J connectivity index is 2.05. The van der Waals surface area contributed by atoms with Crippen molar-refractivity contribution in [3.63, 3.8) is 0 Å². The first-order valence-corrected chi connectivity index (χ1v) is 6.59. The topological polar surface area (TPSA) is 24.9 Å². The molecule has 0 fully saturated rings. The van der Waals surface area contributed by atoms with Crippen LogP contribution in [0, 0.1) is 6.92 Å². The molecule has 2 aromatic rings. The lowest BCUT2D eigenvalue weighted by molar-refractivity contribution is 1.17. The average Bonchev–Trinajstić information content (AvgIpc) is 2.38. The molecule has 0 bridgehead atoms. The summed E-state index contributed by atoms with van der Waals surface area (Å²) in [6, 6.07) is 12.5. The molecule has 1 N–H and O–H groups in total. The first kappa shape index (κ1) is 12.0. The molecule has 17 heavy (non-hydrogen) atoms. The molecule has 0 atom stereocenters. The van der Waals surface area contributed by atoms with E-state index in [1.54, 1.807) is 0 Å². The van der Waals surface area contributed by atoms with Crippen LogP contribution in [0.25, 0.3) is 0 Å². The molecule has 0 aliphatic carbocycles. The zero-order valence-corrected chi connectivity index (χ0v) is 10.9. The summed E-state index contributed by atoms with van der Waals surface area (Å²) in [5, 5.41) is 3.13. The highest BCUT2D eigenvalue weighted by atomic mass is 32.2. The SMILES string of the molecule is CNc1ccnc(CSc2ccccc2C)c1. The van der Waals surface area contributed by atoms with Crippen LogP contribution in [0.3, 0.4) is 0 Å². The maximum Gasteiger partial charge on any atom is 0.0526 e. The zero-order valence-electron chi connectivity index (χ0n) is 10.1. The molecule has 88 valence electrons. The molecular formula is C14H16N2S. The smallest absolute Gasteiger partial charge is 0.0526 e. The lowest BCUT2D eigenvalue weighted by Gasteiger charge is -2.06. The summed E-state index contributed by atoms with van der Waals surface area (Å²) in [7, 11) is 1.92. The Morgan fingerprint density at radius 3 is 2.82 bits per heavy atom. The lowest BCUT2D eigenvalue weighted by Crippen LogP contribution is -1.92. The molecule has 1 aromatic heterocycles. The van der Waals surface area contributed by atoms with Crippen molar-refractivity contribution in [1.82, 2.24) is 4.98 Å². The van der Waals surface area contributed by atoms with Gasteiger partial charge in [-0.1, -0.05) is 18.2 Å². The highest BCUT2D eigenvalue weighted by molar-refractivity contribution is 7.98. The molecule has 0 aliphatic heterocycles. The number of benzene rings is 1. The number of pyridine rings is 1. The van der Waals surface area contributed by atoms with Gasteiger partial charge in [-0.3, -0.25) is 4.98 Å². The molecule has 0 saturated heterocycles. The molecular weight excluding hydrogens is 228 g/mol. The fourth-order valence-corrected chi connectivity index (χ4v) is 2.51. The summed E-state index contributed by atoms with van der Waals surface area (Å²) in [5.74, 6) is 0.903. The monoisotopic (exact) mass is 244 g/mol. The molecule has 3 heteroatoms. The number of nitrogens with one attached hydrogen (secondary N) is 1. The summed E-state index contributed by atoms with van der Waals surface area (Å²) in [5.41, 5.74) is 3.53.